The molecule has 2 rings (SSSR count). The molecule has 4 heteroatoms. The summed E-state index contributed by atoms with van der Waals surface area (Å²) in [5.41, 5.74) is 1.85. The normalized spacial score (nSPS) is 14.2. The molecule has 0 saturated carbocycles. The molecular weight excluding hydrogens is 218 g/mol. The molecule has 1 amide bonds. The molecule has 0 radical (unpaired) electrons. The van der Waals surface area contributed by atoms with Crippen molar-refractivity contribution < 1.29 is 14.6 Å². The van der Waals surface area contributed by atoms with Crippen molar-refractivity contribution in [1.29, 1.82) is 0 Å². The predicted molar refractivity (Wildman–Crippen MR) is 62.2 cm³/mol. The fourth-order valence-electron chi connectivity index (χ4n) is 1.68. The van der Waals surface area contributed by atoms with Gasteiger partial charge in [0, 0.05) is 12.1 Å². The minimum absolute atomic E-state index is 0.150. The van der Waals surface area contributed by atoms with Crippen LogP contribution in [0.2, 0.25) is 0 Å². The van der Waals surface area contributed by atoms with Gasteiger partial charge in [0.1, 0.15) is 13.2 Å². The molecule has 1 aliphatic rings. The van der Waals surface area contributed by atoms with E-state index in [1.807, 2.05) is 24.3 Å². The van der Waals surface area contributed by atoms with E-state index in [1.54, 1.807) is 4.90 Å². The van der Waals surface area contributed by atoms with E-state index in [-0.39, 0.29) is 12.7 Å². The van der Waals surface area contributed by atoms with Crippen LogP contribution in [-0.4, -0.2) is 35.9 Å². The van der Waals surface area contributed by atoms with Crippen molar-refractivity contribution in [3.8, 4) is 11.8 Å². The lowest BCUT2D eigenvalue weighted by Crippen LogP contribution is -2.23. The summed E-state index contributed by atoms with van der Waals surface area (Å²) in [4.78, 5) is 12.9. The highest BCUT2D eigenvalue weighted by molar-refractivity contribution is 5.69. The SMILES string of the molecule is O=C1OCCN1Cc1cccc(C#CCO)c1. The van der Waals surface area contributed by atoms with Gasteiger partial charge in [-0.1, -0.05) is 24.0 Å². The molecule has 0 bridgehead atoms. The summed E-state index contributed by atoms with van der Waals surface area (Å²) in [6.07, 6.45) is -0.267. The lowest BCUT2D eigenvalue weighted by molar-refractivity contribution is 0.157. The zero-order valence-electron chi connectivity index (χ0n) is 9.35. The Labute approximate surface area is 99.8 Å². The highest BCUT2D eigenvalue weighted by Crippen LogP contribution is 2.11. The van der Waals surface area contributed by atoms with Crippen molar-refractivity contribution in [1.82, 2.24) is 4.90 Å². The summed E-state index contributed by atoms with van der Waals surface area (Å²) in [6.45, 7) is 1.48. The number of rotatable bonds is 2. The third kappa shape index (κ3) is 2.99. The van der Waals surface area contributed by atoms with Crippen molar-refractivity contribution in [2.45, 2.75) is 6.54 Å². The summed E-state index contributed by atoms with van der Waals surface area (Å²) < 4.78 is 4.86. The number of aliphatic hydroxyl groups is 1. The molecule has 0 aromatic heterocycles. The molecule has 0 spiro atoms. The molecule has 17 heavy (non-hydrogen) atoms. The van der Waals surface area contributed by atoms with Gasteiger partial charge in [-0.15, -0.1) is 0 Å². The number of nitrogens with zero attached hydrogens (tertiary/aromatic N) is 1. The Hall–Kier alpha value is -1.99. The highest BCUT2D eigenvalue weighted by atomic mass is 16.6. The van der Waals surface area contributed by atoms with Crippen molar-refractivity contribution >= 4 is 6.09 Å². The van der Waals surface area contributed by atoms with Crippen LogP contribution in [-0.2, 0) is 11.3 Å². The fourth-order valence-corrected chi connectivity index (χ4v) is 1.68. The Balaban J connectivity index is 2.08. The molecule has 0 aliphatic carbocycles. The number of carbonyl (C=O) groups excluding carboxylic acids is 1. The third-order valence-electron chi connectivity index (χ3n) is 2.46. The minimum atomic E-state index is -0.267. The number of hydrogen-bond donors (Lipinski definition) is 1. The number of carbonyl (C=O) groups is 1. The molecule has 0 atom stereocenters. The fraction of sp³-hybridized carbons (Fsp3) is 0.308. The van der Waals surface area contributed by atoms with E-state index < -0.39 is 0 Å². The van der Waals surface area contributed by atoms with Gasteiger partial charge in [0.2, 0.25) is 0 Å². The molecule has 0 unspecified atom stereocenters. The zero-order valence-corrected chi connectivity index (χ0v) is 9.35. The van der Waals surface area contributed by atoms with E-state index in [0.717, 1.165) is 11.1 Å². The van der Waals surface area contributed by atoms with Crippen LogP contribution >= 0.6 is 0 Å². The number of cyclic esters (lactones) is 1. The Morgan fingerprint density at radius 3 is 3.06 bits per heavy atom. The topological polar surface area (TPSA) is 49.8 Å². The van der Waals surface area contributed by atoms with Crippen LogP contribution in [0.1, 0.15) is 11.1 Å². The Kier molecular flexibility index (Phi) is 3.63. The minimum Gasteiger partial charge on any atom is -0.448 e. The summed E-state index contributed by atoms with van der Waals surface area (Å²) in [5.74, 6) is 5.43. The van der Waals surface area contributed by atoms with Crippen molar-refractivity contribution in [2.24, 2.45) is 0 Å². The number of aliphatic hydroxyl groups excluding tert-OH is 1. The molecule has 1 fully saturated rings. The average molecular weight is 231 g/mol. The van der Waals surface area contributed by atoms with E-state index in [2.05, 4.69) is 11.8 Å². The largest absolute Gasteiger partial charge is 0.448 e. The van der Waals surface area contributed by atoms with E-state index in [0.29, 0.717) is 19.7 Å². The lowest BCUT2D eigenvalue weighted by Gasteiger charge is -2.12. The van der Waals surface area contributed by atoms with Gasteiger partial charge in [0.25, 0.3) is 0 Å². The Bertz CT molecular complexity index is 473. The van der Waals surface area contributed by atoms with Gasteiger partial charge in [-0.3, -0.25) is 0 Å². The second-order valence-electron chi connectivity index (χ2n) is 3.70. The van der Waals surface area contributed by atoms with E-state index >= 15 is 0 Å². The molecule has 1 heterocycles. The molecule has 1 aromatic rings. The molecule has 1 N–H and O–H groups in total. The maximum atomic E-state index is 11.3. The van der Waals surface area contributed by atoms with Gasteiger partial charge in [0.15, 0.2) is 0 Å². The molecule has 1 saturated heterocycles. The van der Waals surface area contributed by atoms with Crippen LogP contribution in [0.15, 0.2) is 24.3 Å². The smallest absolute Gasteiger partial charge is 0.410 e. The van der Waals surface area contributed by atoms with E-state index in [1.165, 1.54) is 0 Å². The van der Waals surface area contributed by atoms with Crippen LogP contribution in [0.3, 0.4) is 0 Å². The molecular formula is C13H13NO3. The van der Waals surface area contributed by atoms with Crippen LogP contribution < -0.4 is 0 Å². The van der Waals surface area contributed by atoms with Gasteiger partial charge >= 0.3 is 6.09 Å². The first-order valence-corrected chi connectivity index (χ1v) is 5.40. The van der Waals surface area contributed by atoms with Crippen LogP contribution in [0.25, 0.3) is 0 Å². The van der Waals surface area contributed by atoms with Crippen molar-refractivity contribution in [2.75, 3.05) is 19.8 Å². The second-order valence-corrected chi connectivity index (χ2v) is 3.70. The third-order valence-corrected chi connectivity index (χ3v) is 2.46. The van der Waals surface area contributed by atoms with Gasteiger partial charge in [-0.25, -0.2) is 4.79 Å². The standard InChI is InChI=1S/C13H13NO3/c15-7-2-5-11-3-1-4-12(9-11)10-14-6-8-17-13(14)16/h1,3-4,9,15H,6-8,10H2. The highest BCUT2D eigenvalue weighted by Gasteiger charge is 2.21. The summed E-state index contributed by atoms with van der Waals surface area (Å²) in [5, 5.41) is 8.62. The monoisotopic (exact) mass is 231 g/mol. The first-order chi connectivity index (χ1) is 8.29. The summed E-state index contributed by atoms with van der Waals surface area (Å²) in [7, 11) is 0. The van der Waals surface area contributed by atoms with E-state index in [4.69, 9.17) is 9.84 Å². The summed E-state index contributed by atoms with van der Waals surface area (Å²) >= 11 is 0. The van der Waals surface area contributed by atoms with Crippen molar-refractivity contribution in [3.63, 3.8) is 0 Å². The number of benzene rings is 1. The number of ether oxygens (including phenoxy) is 1. The number of hydrogen-bond acceptors (Lipinski definition) is 3. The van der Waals surface area contributed by atoms with Crippen molar-refractivity contribution in [3.05, 3.63) is 35.4 Å². The van der Waals surface area contributed by atoms with Gasteiger partial charge in [-0.05, 0) is 17.7 Å². The predicted octanol–water partition coefficient (Wildman–Crippen LogP) is 0.983. The van der Waals surface area contributed by atoms with Crippen LogP contribution in [0.5, 0.6) is 0 Å². The maximum Gasteiger partial charge on any atom is 0.410 e. The van der Waals surface area contributed by atoms with Gasteiger partial charge < -0.3 is 14.7 Å². The van der Waals surface area contributed by atoms with Gasteiger partial charge in [0.05, 0.1) is 6.54 Å². The summed E-state index contributed by atoms with van der Waals surface area (Å²) in [6, 6.07) is 7.61. The molecule has 1 aromatic carbocycles. The van der Waals surface area contributed by atoms with Crippen LogP contribution in [0.4, 0.5) is 4.79 Å². The number of amides is 1. The molecule has 1 aliphatic heterocycles. The zero-order chi connectivity index (χ0) is 12.1. The Morgan fingerprint density at radius 1 is 1.47 bits per heavy atom. The lowest BCUT2D eigenvalue weighted by atomic mass is 10.1. The second kappa shape index (κ2) is 5.37. The first kappa shape index (κ1) is 11.5. The molecule has 4 nitrogen and oxygen atoms in total. The van der Waals surface area contributed by atoms with E-state index in [9.17, 15) is 4.79 Å². The first-order valence-electron chi connectivity index (χ1n) is 5.40. The maximum absolute atomic E-state index is 11.3. The van der Waals surface area contributed by atoms with Crippen LogP contribution in [0, 0.1) is 11.8 Å². The Morgan fingerprint density at radius 2 is 2.35 bits per heavy atom. The average Bonchev–Trinajstić information content (AvgIpc) is 2.73. The van der Waals surface area contributed by atoms with Gasteiger partial charge in [-0.2, -0.15) is 0 Å². The quantitative estimate of drug-likeness (QED) is 0.772. The molecule has 88 valence electrons.